The van der Waals surface area contributed by atoms with Crippen LogP contribution in [0.5, 0.6) is 0 Å². The molecule has 0 unspecified atom stereocenters. The lowest BCUT2D eigenvalue weighted by Gasteiger charge is -2.13. The van der Waals surface area contributed by atoms with Gasteiger partial charge in [0.25, 0.3) is 5.69 Å². The Morgan fingerprint density at radius 1 is 1.11 bits per heavy atom. The standard InChI is InChI=1S/C26H21Cl2N5O3S/c1-17-4-2-3-5-19(17)16-37-26-31-30-24(32(26)23-12-9-20(27)14-22(23)28)15-29-25(34)13-8-18-6-10-21(11-7-18)33(35)36/h2-14H,15-16H2,1H3,(H,29,34). The van der Waals surface area contributed by atoms with Crippen LogP contribution in [-0.4, -0.2) is 25.6 Å². The number of nitrogens with zero attached hydrogens (tertiary/aromatic N) is 4. The summed E-state index contributed by atoms with van der Waals surface area (Å²) >= 11 is 14.1. The van der Waals surface area contributed by atoms with Crippen molar-refractivity contribution in [1.29, 1.82) is 0 Å². The van der Waals surface area contributed by atoms with Gasteiger partial charge in [0.15, 0.2) is 11.0 Å². The van der Waals surface area contributed by atoms with Gasteiger partial charge in [-0.05, 0) is 60.0 Å². The van der Waals surface area contributed by atoms with Crippen LogP contribution in [0.15, 0.2) is 78.0 Å². The Balaban J connectivity index is 1.52. The molecule has 4 rings (SSSR count). The number of aryl methyl sites for hydroxylation is 1. The molecule has 188 valence electrons. The summed E-state index contributed by atoms with van der Waals surface area (Å²) in [5.74, 6) is 0.818. The number of amides is 1. The molecule has 0 fully saturated rings. The van der Waals surface area contributed by atoms with Crippen molar-refractivity contribution < 1.29 is 9.72 Å². The van der Waals surface area contributed by atoms with E-state index < -0.39 is 4.92 Å². The minimum atomic E-state index is -0.475. The summed E-state index contributed by atoms with van der Waals surface area (Å²) < 4.78 is 1.81. The van der Waals surface area contributed by atoms with E-state index in [0.29, 0.717) is 38.0 Å². The minimum Gasteiger partial charge on any atom is -0.345 e. The van der Waals surface area contributed by atoms with Crippen molar-refractivity contribution in [3.05, 3.63) is 115 Å². The highest BCUT2D eigenvalue weighted by atomic mass is 35.5. The number of nitrogens with one attached hydrogen (secondary N) is 1. The van der Waals surface area contributed by atoms with E-state index in [4.69, 9.17) is 23.2 Å². The van der Waals surface area contributed by atoms with Gasteiger partial charge in [0.1, 0.15) is 0 Å². The van der Waals surface area contributed by atoms with E-state index in [1.54, 1.807) is 36.4 Å². The van der Waals surface area contributed by atoms with Crippen molar-refractivity contribution in [3.63, 3.8) is 0 Å². The van der Waals surface area contributed by atoms with Gasteiger partial charge in [-0.2, -0.15) is 0 Å². The monoisotopic (exact) mass is 553 g/mol. The van der Waals surface area contributed by atoms with Gasteiger partial charge in [0, 0.05) is 29.0 Å². The van der Waals surface area contributed by atoms with E-state index in [0.717, 1.165) is 0 Å². The molecule has 0 aliphatic heterocycles. The third kappa shape index (κ3) is 6.76. The molecular formula is C26H21Cl2N5O3S. The lowest BCUT2D eigenvalue weighted by atomic mass is 10.1. The molecule has 0 atom stereocenters. The predicted octanol–water partition coefficient (Wildman–Crippen LogP) is 6.41. The van der Waals surface area contributed by atoms with Crippen LogP contribution >= 0.6 is 35.0 Å². The first-order valence-electron chi connectivity index (χ1n) is 11.1. The second kappa shape index (κ2) is 12.1. The van der Waals surface area contributed by atoms with Crippen molar-refractivity contribution in [2.24, 2.45) is 0 Å². The highest BCUT2D eigenvalue weighted by Crippen LogP contribution is 2.31. The molecule has 1 N–H and O–H groups in total. The van der Waals surface area contributed by atoms with Crippen LogP contribution in [0.4, 0.5) is 5.69 Å². The molecule has 0 saturated heterocycles. The number of aromatic nitrogens is 3. The molecule has 0 aliphatic carbocycles. The Kier molecular flexibility index (Phi) is 8.60. The van der Waals surface area contributed by atoms with Gasteiger partial charge in [-0.1, -0.05) is 59.2 Å². The Morgan fingerprint density at radius 2 is 1.86 bits per heavy atom. The topological polar surface area (TPSA) is 103 Å². The first-order chi connectivity index (χ1) is 17.8. The zero-order valence-electron chi connectivity index (χ0n) is 19.6. The van der Waals surface area contributed by atoms with Gasteiger partial charge in [-0.15, -0.1) is 10.2 Å². The van der Waals surface area contributed by atoms with Crippen LogP contribution in [0, 0.1) is 17.0 Å². The minimum absolute atomic E-state index is 0.0158. The number of thioether (sulfide) groups is 1. The van der Waals surface area contributed by atoms with Crippen LogP contribution in [0.1, 0.15) is 22.5 Å². The van der Waals surface area contributed by atoms with Gasteiger partial charge in [0.2, 0.25) is 5.91 Å². The molecule has 1 aromatic heterocycles. The van der Waals surface area contributed by atoms with Crippen molar-refractivity contribution in [3.8, 4) is 5.69 Å². The Morgan fingerprint density at radius 3 is 2.57 bits per heavy atom. The number of non-ortho nitro benzene ring substituents is 1. The fraction of sp³-hybridized carbons (Fsp3) is 0.115. The summed E-state index contributed by atoms with van der Waals surface area (Å²) in [5.41, 5.74) is 3.65. The fourth-order valence-electron chi connectivity index (χ4n) is 3.43. The molecule has 3 aromatic carbocycles. The molecule has 0 spiro atoms. The first-order valence-corrected chi connectivity index (χ1v) is 12.8. The molecule has 0 saturated carbocycles. The normalized spacial score (nSPS) is 11.1. The molecular weight excluding hydrogens is 533 g/mol. The Bertz CT molecular complexity index is 1470. The van der Waals surface area contributed by atoms with Gasteiger partial charge >= 0.3 is 0 Å². The predicted molar refractivity (Wildman–Crippen MR) is 146 cm³/mol. The van der Waals surface area contributed by atoms with Crippen molar-refractivity contribution in [1.82, 2.24) is 20.1 Å². The summed E-state index contributed by atoms with van der Waals surface area (Å²) in [5, 5.41) is 23.8. The van der Waals surface area contributed by atoms with E-state index in [9.17, 15) is 14.9 Å². The number of halogens is 2. The zero-order valence-corrected chi connectivity index (χ0v) is 21.9. The molecule has 11 heteroatoms. The van der Waals surface area contributed by atoms with Gasteiger partial charge < -0.3 is 5.32 Å². The number of nitro groups is 1. The van der Waals surface area contributed by atoms with Crippen LogP contribution in [-0.2, 0) is 17.1 Å². The molecule has 0 radical (unpaired) electrons. The van der Waals surface area contributed by atoms with E-state index >= 15 is 0 Å². The summed E-state index contributed by atoms with van der Waals surface area (Å²) in [6.07, 6.45) is 2.92. The van der Waals surface area contributed by atoms with E-state index in [1.807, 2.05) is 16.7 Å². The van der Waals surface area contributed by atoms with Gasteiger partial charge in [-0.3, -0.25) is 19.5 Å². The maximum absolute atomic E-state index is 12.5. The lowest BCUT2D eigenvalue weighted by Crippen LogP contribution is -2.22. The van der Waals surface area contributed by atoms with E-state index in [1.165, 1.54) is 41.1 Å². The van der Waals surface area contributed by atoms with Crippen LogP contribution in [0.2, 0.25) is 10.0 Å². The second-order valence-corrected chi connectivity index (χ2v) is 9.73. The quantitative estimate of drug-likeness (QED) is 0.111. The van der Waals surface area contributed by atoms with Crippen molar-refractivity contribution in [2.45, 2.75) is 24.4 Å². The van der Waals surface area contributed by atoms with Crippen LogP contribution in [0.3, 0.4) is 0 Å². The van der Waals surface area contributed by atoms with Crippen molar-refractivity contribution in [2.75, 3.05) is 0 Å². The van der Waals surface area contributed by atoms with Gasteiger partial charge in [-0.25, -0.2) is 0 Å². The third-order valence-electron chi connectivity index (χ3n) is 5.42. The van der Waals surface area contributed by atoms with E-state index in [-0.39, 0.29) is 18.1 Å². The average Bonchev–Trinajstić information content (AvgIpc) is 3.28. The Hall–Kier alpha value is -3.66. The molecule has 0 aliphatic rings. The number of hydrogen-bond donors (Lipinski definition) is 1. The fourth-order valence-corrected chi connectivity index (χ4v) is 4.96. The highest BCUT2D eigenvalue weighted by Gasteiger charge is 2.18. The maximum atomic E-state index is 12.5. The molecule has 8 nitrogen and oxygen atoms in total. The SMILES string of the molecule is Cc1ccccc1CSc1nnc(CNC(=O)C=Cc2ccc([N+](=O)[O-])cc2)n1-c1ccc(Cl)cc1Cl. The maximum Gasteiger partial charge on any atom is 0.269 e. The average molecular weight is 554 g/mol. The smallest absolute Gasteiger partial charge is 0.269 e. The molecule has 1 heterocycles. The first kappa shape index (κ1) is 26.4. The van der Waals surface area contributed by atoms with Crippen LogP contribution in [0.25, 0.3) is 11.8 Å². The lowest BCUT2D eigenvalue weighted by molar-refractivity contribution is -0.384. The third-order valence-corrected chi connectivity index (χ3v) is 6.94. The summed E-state index contributed by atoms with van der Waals surface area (Å²) in [4.78, 5) is 22.8. The molecule has 0 bridgehead atoms. The summed E-state index contributed by atoms with van der Waals surface area (Å²) in [6.45, 7) is 2.15. The summed E-state index contributed by atoms with van der Waals surface area (Å²) in [7, 11) is 0. The molecule has 4 aromatic rings. The largest absolute Gasteiger partial charge is 0.345 e. The van der Waals surface area contributed by atoms with Gasteiger partial charge in [0.05, 0.1) is 22.2 Å². The number of carbonyl (C=O) groups is 1. The van der Waals surface area contributed by atoms with E-state index in [2.05, 4.69) is 34.6 Å². The number of nitro benzene ring substituents is 1. The Labute approximate surface area is 227 Å². The number of rotatable bonds is 9. The number of carbonyl (C=O) groups excluding carboxylic acids is 1. The van der Waals surface area contributed by atoms with Crippen molar-refractivity contribution >= 4 is 52.6 Å². The van der Waals surface area contributed by atoms with Crippen LogP contribution < -0.4 is 5.32 Å². The summed E-state index contributed by atoms with van der Waals surface area (Å²) in [6, 6.07) is 19.2. The zero-order chi connectivity index (χ0) is 26.4. The molecule has 1 amide bonds. The highest BCUT2D eigenvalue weighted by molar-refractivity contribution is 7.98. The number of benzene rings is 3. The molecule has 37 heavy (non-hydrogen) atoms. The second-order valence-electron chi connectivity index (χ2n) is 7.94. The number of hydrogen-bond acceptors (Lipinski definition) is 6.